The Bertz CT molecular complexity index is 740. The molecule has 1 saturated heterocycles. The summed E-state index contributed by atoms with van der Waals surface area (Å²) in [5, 5.41) is 14.9. The molecule has 2 N–H and O–H groups in total. The van der Waals surface area contributed by atoms with Crippen LogP contribution < -0.4 is 10.6 Å². The fraction of sp³-hybridized carbons (Fsp3) is 0.571. The molecule has 1 fully saturated rings. The molecule has 0 radical (unpaired) electrons. The molecule has 0 unspecified atom stereocenters. The lowest BCUT2D eigenvalue weighted by Gasteiger charge is -2.34. The first-order valence-corrected chi connectivity index (χ1v) is 10.6. The van der Waals surface area contributed by atoms with Crippen LogP contribution in [0, 0.1) is 0 Å². The first-order chi connectivity index (χ1) is 14.3. The van der Waals surface area contributed by atoms with Crippen LogP contribution in [0.3, 0.4) is 0 Å². The summed E-state index contributed by atoms with van der Waals surface area (Å²) in [6.07, 6.45) is 2.68. The third kappa shape index (κ3) is 7.84. The van der Waals surface area contributed by atoms with E-state index >= 15 is 0 Å². The number of hydrogen-bond donors (Lipinski definition) is 2. The van der Waals surface area contributed by atoms with Crippen molar-refractivity contribution in [3.8, 4) is 0 Å². The fourth-order valence-corrected chi connectivity index (χ4v) is 3.60. The summed E-state index contributed by atoms with van der Waals surface area (Å²) in [6, 6.07) is 10.7. The first kappa shape index (κ1) is 24.5. The minimum absolute atomic E-state index is 0. The van der Waals surface area contributed by atoms with E-state index in [0.717, 1.165) is 77.1 Å². The average Bonchev–Trinajstić information content (AvgIpc) is 3.22. The molecule has 1 aromatic carbocycles. The number of benzene rings is 1. The number of nitrogens with one attached hydrogen (secondary N) is 2. The van der Waals surface area contributed by atoms with Gasteiger partial charge in [0.15, 0.2) is 5.96 Å². The summed E-state index contributed by atoms with van der Waals surface area (Å²) in [5.41, 5.74) is 1.40. The zero-order valence-electron chi connectivity index (χ0n) is 18.1. The lowest BCUT2D eigenvalue weighted by molar-refractivity contribution is 0.129. The number of piperazine rings is 1. The zero-order valence-corrected chi connectivity index (χ0v) is 20.5. The van der Waals surface area contributed by atoms with Crippen molar-refractivity contribution < 1.29 is 0 Å². The van der Waals surface area contributed by atoms with Gasteiger partial charge in [0, 0.05) is 72.4 Å². The molecule has 30 heavy (non-hydrogen) atoms. The number of halogens is 1. The number of aliphatic imine (C=N–C) groups is 1. The first-order valence-electron chi connectivity index (χ1n) is 10.6. The van der Waals surface area contributed by atoms with Crippen LogP contribution in [0.1, 0.15) is 18.3 Å². The second-order valence-electron chi connectivity index (χ2n) is 7.32. The zero-order chi connectivity index (χ0) is 20.3. The van der Waals surface area contributed by atoms with Crippen molar-refractivity contribution in [1.82, 2.24) is 35.2 Å². The molecule has 166 valence electrons. The van der Waals surface area contributed by atoms with Gasteiger partial charge in [-0.15, -0.1) is 34.2 Å². The highest BCUT2D eigenvalue weighted by atomic mass is 127. The Hall–Kier alpha value is -1.72. The molecule has 0 amide bonds. The van der Waals surface area contributed by atoms with Crippen molar-refractivity contribution in [3.05, 3.63) is 48.0 Å². The molecule has 0 aliphatic carbocycles. The SMILES string of the molecule is CCc1nncn1CCNC(=NC)NCCN1CCN(Cc2ccccc2)CC1.I. The Kier molecular flexibility index (Phi) is 11.1. The summed E-state index contributed by atoms with van der Waals surface area (Å²) >= 11 is 0. The molecule has 3 rings (SSSR count). The third-order valence-electron chi connectivity index (χ3n) is 5.32. The van der Waals surface area contributed by atoms with Gasteiger partial charge in [0.1, 0.15) is 12.2 Å². The summed E-state index contributed by atoms with van der Waals surface area (Å²) in [5.74, 6) is 1.86. The van der Waals surface area contributed by atoms with Crippen LogP contribution in [-0.4, -0.2) is 83.4 Å². The van der Waals surface area contributed by atoms with E-state index < -0.39 is 0 Å². The van der Waals surface area contributed by atoms with E-state index in [1.54, 1.807) is 6.33 Å². The molecule has 1 aromatic heterocycles. The van der Waals surface area contributed by atoms with Crippen molar-refractivity contribution in [2.24, 2.45) is 4.99 Å². The monoisotopic (exact) mass is 526 g/mol. The Morgan fingerprint density at radius 3 is 2.33 bits per heavy atom. The van der Waals surface area contributed by atoms with E-state index in [4.69, 9.17) is 0 Å². The van der Waals surface area contributed by atoms with Crippen LogP contribution in [-0.2, 0) is 19.5 Å². The van der Waals surface area contributed by atoms with Crippen LogP contribution in [0.4, 0.5) is 0 Å². The Morgan fingerprint density at radius 1 is 1.00 bits per heavy atom. The standard InChI is InChI=1S/C21H34N8.HI/c1-3-20-26-25-18-29(20)12-10-24-21(22-2)23-9-11-27-13-15-28(16-14-27)17-19-7-5-4-6-8-19;/h4-8,18H,3,9-17H2,1-2H3,(H2,22,23,24);1H. The van der Waals surface area contributed by atoms with Crippen LogP contribution >= 0.6 is 24.0 Å². The van der Waals surface area contributed by atoms with Crippen molar-refractivity contribution in [3.63, 3.8) is 0 Å². The maximum Gasteiger partial charge on any atom is 0.191 e. The van der Waals surface area contributed by atoms with Gasteiger partial charge in [-0.1, -0.05) is 37.3 Å². The maximum absolute atomic E-state index is 4.32. The van der Waals surface area contributed by atoms with Gasteiger partial charge in [-0.05, 0) is 5.56 Å². The minimum atomic E-state index is 0. The molecule has 0 spiro atoms. The van der Waals surface area contributed by atoms with Gasteiger partial charge in [0.05, 0.1) is 0 Å². The van der Waals surface area contributed by atoms with Crippen molar-refractivity contribution >= 4 is 29.9 Å². The number of hydrogen-bond acceptors (Lipinski definition) is 5. The predicted octanol–water partition coefficient (Wildman–Crippen LogP) is 1.44. The normalized spacial score (nSPS) is 15.6. The molecular formula is C21H35IN8. The second kappa shape index (κ2) is 13.6. The maximum atomic E-state index is 4.32. The summed E-state index contributed by atoms with van der Waals surface area (Å²) in [6.45, 7) is 11.2. The Balaban J connectivity index is 0.00000320. The number of nitrogens with zero attached hydrogens (tertiary/aromatic N) is 6. The van der Waals surface area contributed by atoms with E-state index in [9.17, 15) is 0 Å². The smallest absolute Gasteiger partial charge is 0.191 e. The van der Waals surface area contributed by atoms with Crippen LogP contribution in [0.15, 0.2) is 41.7 Å². The molecular weight excluding hydrogens is 491 g/mol. The highest BCUT2D eigenvalue weighted by Gasteiger charge is 2.16. The lowest BCUT2D eigenvalue weighted by atomic mass is 10.2. The van der Waals surface area contributed by atoms with E-state index in [1.165, 1.54) is 5.56 Å². The van der Waals surface area contributed by atoms with Crippen molar-refractivity contribution in [2.45, 2.75) is 26.4 Å². The highest BCUT2D eigenvalue weighted by molar-refractivity contribution is 14.0. The molecule has 9 heteroatoms. The van der Waals surface area contributed by atoms with Crippen LogP contribution in [0.25, 0.3) is 0 Å². The van der Waals surface area contributed by atoms with Gasteiger partial charge in [-0.2, -0.15) is 0 Å². The number of guanidine groups is 1. The van der Waals surface area contributed by atoms with E-state index in [0.29, 0.717) is 0 Å². The van der Waals surface area contributed by atoms with Gasteiger partial charge in [0.2, 0.25) is 0 Å². The van der Waals surface area contributed by atoms with E-state index in [1.807, 2.05) is 7.05 Å². The summed E-state index contributed by atoms with van der Waals surface area (Å²) in [4.78, 5) is 9.38. The molecule has 1 aliphatic rings. The van der Waals surface area contributed by atoms with Crippen LogP contribution in [0.2, 0.25) is 0 Å². The minimum Gasteiger partial charge on any atom is -0.355 e. The van der Waals surface area contributed by atoms with Gasteiger partial charge in [-0.3, -0.25) is 14.8 Å². The molecule has 0 bridgehead atoms. The van der Waals surface area contributed by atoms with Gasteiger partial charge in [0.25, 0.3) is 0 Å². The van der Waals surface area contributed by atoms with Crippen LogP contribution in [0.5, 0.6) is 0 Å². The third-order valence-corrected chi connectivity index (χ3v) is 5.32. The van der Waals surface area contributed by atoms with E-state index in [2.05, 4.69) is 77.4 Å². The quantitative estimate of drug-likeness (QED) is 0.293. The van der Waals surface area contributed by atoms with Gasteiger partial charge in [-0.25, -0.2) is 0 Å². The Labute approximate surface area is 197 Å². The number of aromatic nitrogens is 3. The summed E-state index contributed by atoms with van der Waals surface area (Å²) < 4.78 is 2.08. The largest absolute Gasteiger partial charge is 0.355 e. The van der Waals surface area contributed by atoms with E-state index in [-0.39, 0.29) is 24.0 Å². The van der Waals surface area contributed by atoms with Crippen molar-refractivity contribution in [2.75, 3.05) is 52.9 Å². The predicted molar refractivity (Wildman–Crippen MR) is 132 cm³/mol. The molecule has 2 aromatic rings. The molecule has 8 nitrogen and oxygen atoms in total. The lowest BCUT2D eigenvalue weighted by Crippen LogP contribution is -2.49. The van der Waals surface area contributed by atoms with Crippen molar-refractivity contribution in [1.29, 1.82) is 0 Å². The summed E-state index contributed by atoms with van der Waals surface area (Å²) in [7, 11) is 1.81. The topological polar surface area (TPSA) is 73.6 Å². The second-order valence-corrected chi connectivity index (χ2v) is 7.32. The Morgan fingerprint density at radius 2 is 1.67 bits per heavy atom. The molecule has 2 heterocycles. The highest BCUT2D eigenvalue weighted by Crippen LogP contribution is 2.07. The van der Waals surface area contributed by atoms with Gasteiger partial charge >= 0.3 is 0 Å². The molecule has 0 saturated carbocycles. The average molecular weight is 526 g/mol. The fourth-order valence-electron chi connectivity index (χ4n) is 3.60. The molecule has 1 aliphatic heterocycles. The van der Waals surface area contributed by atoms with Gasteiger partial charge < -0.3 is 15.2 Å². The number of rotatable bonds is 9. The number of aryl methyl sites for hydroxylation is 1. The molecule has 0 atom stereocenters.